The van der Waals surface area contributed by atoms with Gasteiger partial charge in [0.05, 0.1) is 5.69 Å². The molecule has 1 aromatic heterocycles. The maximum atomic E-state index is 11.7. The number of nitrogens with one attached hydrogen (secondary N) is 1. The molecule has 1 heterocycles. The largest absolute Gasteiger partial charge is 0.481 e. The van der Waals surface area contributed by atoms with E-state index in [0.29, 0.717) is 23.5 Å². The zero-order valence-corrected chi connectivity index (χ0v) is 11.9. The highest BCUT2D eigenvalue weighted by atomic mass is 32.1. The number of carboxylic acid groups (broad SMARTS) is 1. The Morgan fingerprint density at radius 3 is 2.89 bits per heavy atom. The Bertz CT molecular complexity index is 480. The van der Waals surface area contributed by atoms with Crippen LogP contribution in [0.25, 0.3) is 0 Å². The van der Waals surface area contributed by atoms with Crippen molar-refractivity contribution in [3.8, 4) is 0 Å². The number of carbonyl (C=O) groups is 2. The minimum absolute atomic E-state index is 0.136. The summed E-state index contributed by atoms with van der Waals surface area (Å²) in [5.41, 5.74) is 1.49. The fourth-order valence-corrected chi connectivity index (χ4v) is 2.23. The molecule has 0 bridgehead atoms. The van der Waals surface area contributed by atoms with Crippen LogP contribution < -0.4 is 5.32 Å². The third kappa shape index (κ3) is 5.65. The molecule has 0 unspecified atom stereocenters. The van der Waals surface area contributed by atoms with Crippen molar-refractivity contribution in [1.29, 1.82) is 0 Å². The number of rotatable bonds is 7. The number of anilines is 1. The minimum atomic E-state index is -0.802. The zero-order chi connectivity index (χ0) is 14.3. The van der Waals surface area contributed by atoms with E-state index in [0.717, 1.165) is 12.1 Å². The van der Waals surface area contributed by atoms with Crippen LogP contribution in [0.2, 0.25) is 0 Å². The molecule has 0 aliphatic carbocycles. The average Bonchev–Trinajstić information content (AvgIpc) is 2.76. The lowest BCUT2D eigenvalue weighted by molar-refractivity contribution is -0.137. The van der Waals surface area contributed by atoms with Gasteiger partial charge in [0.15, 0.2) is 5.13 Å². The quantitative estimate of drug-likeness (QED) is 0.754. The van der Waals surface area contributed by atoms with Crippen LogP contribution in [-0.2, 0) is 16.0 Å². The molecular weight excluding hydrogens is 264 g/mol. The van der Waals surface area contributed by atoms with Gasteiger partial charge in [-0.25, -0.2) is 4.98 Å². The lowest BCUT2D eigenvalue weighted by Crippen LogP contribution is -2.12. The Morgan fingerprint density at radius 2 is 2.26 bits per heavy atom. The van der Waals surface area contributed by atoms with Gasteiger partial charge in [-0.05, 0) is 26.2 Å². The smallest absolute Gasteiger partial charge is 0.303 e. The molecule has 0 saturated heterocycles. The van der Waals surface area contributed by atoms with E-state index in [1.807, 2.05) is 18.4 Å². The molecule has 0 aliphatic heterocycles. The lowest BCUT2D eigenvalue weighted by atomic mass is 10.2. The van der Waals surface area contributed by atoms with Crippen LogP contribution in [0, 0.1) is 0 Å². The van der Waals surface area contributed by atoms with E-state index in [1.165, 1.54) is 11.3 Å². The van der Waals surface area contributed by atoms with Gasteiger partial charge in [-0.2, -0.15) is 0 Å². The van der Waals surface area contributed by atoms with Crippen molar-refractivity contribution in [2.24, 2.45) is 0 Å². The predicted molar refractivity (Wildman–Crippen MR) is 75.4 cm³/mol. The maximum Gasteiger partial charge on any atom is 0.303 e. The van der Waals surface area contributed by atoms with Crippen molar-refractivity contribution in [3.05, 3.63) is 22.7 Å². The van der Waals surface area contributed by atoms with Gasteiger partial charge in [0.25, 0.3) is 5.91 Å². The first-order valence-electron chi connectivity index (χ1n) is 6.17. The Balaban J connectivity index is 2.48. The Morgan fingerprint density at radius 1 is 1.53 bits per heavy atom. The van der Waals surface area contributed by atoms with E-state index in [2.05, 4.69) is 10.3 Å². The molecule has 1 amide bonds. The maximum absolute atomic E-state index is 11.7. The highest BCUT2D eigenvalue weighted by Crippen LogP contribution is 2.17. The normalized spacial score (nSPS) is 11.4. The number of allylic oxidation sites excluding steroid dienone is 1. The van der Waals surface area contributed by atoms with Gasteiger partial charge in [0, 0.05) is 17.4 Å². The molecule has 0 radical (unpaired) electrons. The summed E-state index contributed by atoms with van der Waals surface area (Å²) in [5.74, 6) is -0.947. The summed E-state index contributed by atoms with van der Waals surface area (Å²) >= 11 is 1.35. The zero-order valence-electron chi connectivity index (χ0n) is 11.1. The summed E-state index contributed by atoms with van der Waals surface area (Å²) in [6.45, 7) is 3.74. The van der Waals surface area contributed by atoms with E-state index in [1.54, 1.807) is 6.92 Å². The first-order chi connectivity index (χ1) is 9.02. The van der Waals surface area contributed by atoms with E-state index >= 15 is 0 Å². The van der Waals surface area contributed by atoms with Gasteiger partial charge in [0.2, 0.25) is 0 Å². The van der Waals surface area contributed by atoms with Crippen molar-refractivity contribution in [2.75, 3.05) is 5.32 Å². The molecule has 0 saturated carbocycles. The van der Waals surface area contributed by atoms with Gasteiger partial charge in [-0.15, -0.1) is 11.3 Å². The van der Waals surface area contributed by atoms with Crippen LogP contribution in [-0.4, -0.2) is 22.0 Å². The number of carboxylic acids is 1. The van der Waals surface area contributed by atoms with E-state index in [4.69, 9.17) is 5.11 Å². The second-order valence-corrected chi connectivity index (χ2v) is 5.00. The highest BCUT2D eigenvalue weighted by Gasteiger charge is 2.08. The van der Waals surface area contributed by atoms with E-state index in [9.17, 15) is 9.59 Å². The molecule has 1 rings (SSSR count). The highest BCUT2D eigenvalue weighted by molar-refractivity contribution is 7.13. The summed E-state index contributed by atoms with van der Waals surface area (Å²) in [6.07, 6.45) is 3.98. The van der Waals surface area contributed by atoms with Gasteiger partial charge < -0.3 is 5.11 Å². The molecule has 0 fully saturated rings. The number of aromatic nitrogens is 1. The predicted octanol–water partition coefficient (Wildman–Crippen LogP) is 2.85. The number of aliphatic carboxylic acids is 1. The molecule has 6 heteroatoms. The van der Waals surface area contributed by atoms with Crippen LogP contribution in [0.1, 0.15) is 38.8 Å². The van der Waals surface area contributed by atoms with Crippen LogP contribution >= 0.6 is 11.3 Å². The Labute approximate surface area is 116 Å². The Hall–Kier alpha value is -1.69. The molecule has 1 aromatic rings. The van der Waals surface area contributed by atoms with Gasteiger partial charge in [-0.3, -0.25) is 14.9 Å². The lowest BCUT2D eigenvalue weighted by Gasteiger charge is -2.00. The van der Waals surface area contributed by atoms with Crippen molar-refractivity contribution in [3.63, 3.8) is 0 Å². The second kappa shape index (κ2) is 7.68. The van der Waals surface area contributed by atoms with Gasteiger partial charge in [0.1, 0.15) is 0 Å². The summed E-state index contributed by atoms with van der Waals surface area (Å²) in [5, 5.41) is 13.7. The number of aryl methyl sites for hydroxylation is 1. The first-order valence-corrected chi connectivity index (χ1v) is 7.05. The number of thiazole rings is 1. The molecule has 0 aliphatic rings. The van der Waals surface area contributed by atoms with Crippen LogP contribution in [0.15, 0.2) is 17.0 Å². The van der Waals surface area contributed by atoms with Crippen LogP contribution in [0.5, 0.6) is 0 Å². The number of carbonyl (C=O) groups excluding carboxylic acids is 1. The molecular formula is C13H18N2O3S. The topological polar surface area (TPSA) is 79.3 Å². The van der Waals surface area contributed by atoms with Crippen molar-refractivity contribution < 1.29 is 14.7 Å². The summed E-state index contributed by atoms with van der Waals surface area (Å²) in [7, 11) is 0. The molecule has 2 N–H and O–H groups in total. The number of hydrogen-bond donors (Lipinski definition) is 2. The fourth-order valence-electron chi connectivity index (χ4n) is 1.49. The average molecular weight is 282 g/mol. The molecule has 0 aromatic carbocycles. The number of hydrogen-bond acceptors (Lipinski definition) is 4. The molecule has 5 nitrogen and oxygen atoms in total. The SMILES string of the molecule is CC/C=C(/C)C(=O)Nc1nc(CCCC(=O)O)cs1. The molecule has 0 spiro atoms. The number of amides is 1. The third-order valence-electron chi connectivity index (χ3n) is 2.46. The summed E-state index contributed by atoms with van der Waals surface area (Å²) < 4.78 is 0. The van der Waals surface area contributed by atoms with Crippen LogP contribution in [0.4, 0.5) is 5.13 Å². The third-order valence-corrected chi connectivity index (χ3v) is 3.27. The van der Waals surface area contributed by atoms with Crippen molar-refractivity contribution in [1.82, 2.24) is 4.98 Å². The van der Waals surface area contributed by atoms with Crippen LogP contribution in [0.3, 0.4) is 0 Å². The van der Waals surface area contributed by atoms with E-state index < -0.39 is 5.97 Å². The fraction of sp³-hybridized carbons (Fsp3) is 0.462. The first kappa shape index (κ1) is 15.4. The van der Waals surface area contributed by atoms with E-state index in [-0.39, 0.29) is 12.3 Å². The monoisotopic (exact) mass is 282 g/mol. The van der Waals surface area contributed by atoms with Gasteiger partial charge >= 0.3 is 5.97 Å². The molecule has 104 valence electrons. The second-order valence-electron chi connectivity index (χ2n) is 4.14. The summed E-state index contributed by atoms with van der Waals surface area (Å²) in [4.78, 5) is 26.4. The van der Waals surface area contributed by atoms with Gasteiger partial charge in [-0.1, -0.05) is 13.0 Å². The molecule has 0 atom stereocenters. The standard InChI is InChI=1S/C13H18N2O3S/c1-3-5-9(2)12(18)15-13-14-10(8-19-13)6-4-7-11(16)17/h5,8H,3-4,6-7H2,1-2H3,(H,16,17)(H,14,15,18)/b9-5-. The minimum Gasteiger partial charge on any atom is -0.481 e. The number of nitrogens with zero attached hydrogens (tertiary/aromatic N) is 1. The Kier molecular flexibility index (Phi) is 6.21. The molecule has 19 heavy (non-hydrogen) atoms. The summed E-state index contributed by atoms with van der Waals surface area (Å²) in [6, 6.07) is 0. The van der Waals surface area contributed by atoms with Crippen molar-refractivity contribution in [2.45, 2.75) is 39.5 Å². The van der Waals surface area contributed by atoms with Crippen molar-refractivity contribution >= 4 is 28.3 Å².